The number of aromatic nitrogens is 1. The van der Waals surface area contributed by atoms with Crippen molar-refractivity contribution in [3.63, 3.8) is 0 Å². The number of ether oxygens (including phenoxy) is 2. The molecule has 4 heteroatoms. The van der Waals surface area contributed by atoms with E-state index in [-0.39, 0.29) is 12.6 Å². The molecular weight excluding hydrogens is 242 g/mol. The van der Waals surface area contributed by atoms with Crippen molar-refractivity contribution in [2.24, 2.45) is 0 Å². The van der Waals surface area contributed by atoms with Crippen LogP contribution in [0.1, 0.15) is 19.8 Å². The number of unbranched alkanes of at least 4 members (excludes halogenated alkanes) is 1. The Kier molecular flexibility index (Phi) is 4.72. The average molecular weight is 259 g/mol. The van der Waals surface area contributed by atoms with Crippen molar-refractivity contribution in [3.8, 4) is 5.75 Å². The zero-order valence-corrected chi connectivity index (χ0v) is 11.0. The fourth-order valence-corrected chi connectivity index (χ4v) is 1.65. The minimum absolute atomic E-state index is 0.0674. The van der Waals surface area contributed by atoms with E-state index in [1.807, 2.05) is 37.3 Å². The van der Waals surface area contributed by atoms with E-state index in [2.05, 4.69) is 4.98 Å². The van der Waals surface area contributed by atoms with Gasteiger partial charge in [-0.1, -0.05) is 19.4 Å². The van der Waals surface area contributed by atoms with Crippen LogP contribution in [0.5, 0.6) is 5.75 Å². The van der Waals surface area contributed by atoms with E-state index in [0.29, 0.717) is 12.4 Å². The molecule has 1 aromatic carbocycles. The molecule has 1 aromatic heterocycles. The number of esters is 1. The van der Waals surface area contributed by atoms with E-state index in [9.17, 15) is 4.79 Å². The Morgan fingerprint density at radius 2 is 2.21 bits per heavy atom. The lowest BCUT2D eigenvalue weighted by molar-refractivity contribution is -0.146. The second kappa shape index (κ2) is 6.73. The van der Waals surface area contributed by atoms with Crippen LogP contribution in [0.2, 0.25) is 0 Å². The monoisotopic (exact) mass is 259 g/mol. The second-order valence-electron chi connectivity index (χ2n) is 4.22. The van der Waals surface area contributed by atoms with Gasteiger partial charge in [0, 0.05) is 17.6 Å². The molecule has 19 heavy (non-hydrogen) atoms. The molecule has 100 valence electrons. The highest BCUT2D eigenvalue weighted by Crippen LogP contribution is 2.18. The maximum Gasteiger partial charge on any atom is 0.344 e. The lowest BCUT2D eigenvalue weighted by Gasteiger charge is -2.07. The zero-order valence-electron chi connectivity index (χ0n) is 11.0. The summed E-state index contributed by atoms with van der Waals surface area (Å²) in [6.45, 7) is 2.44. The molecule has 0 amide bonds. The second-order valence-corrected chi connectivity index (χ2v) is 4.22. The summed E-state index contributed by atoms with van der Waals surface area (Å²) in [5, 5.41) is 1.04. The highest BCUT2D eigenvalue weighted by atomic mass is 16.6. The van der Waals surface area contributed by atoms with Gasteiger partial charge in [-0.2, -0.15) is 0 Å². The van der Waals surface area contributed by atoms with Gasteiger partial charge in [0.15, 0.2) is 6.61 Å². The molecule has 0 atom stereocenters. The van der Waals surface area contributed by atoms with E-state index < -0.39 is 0 Å². The van der Waals surface area contributed by atoms with Crippen LogP contribution in [0, 0.1) is 0 Å². The number of pyridine rings is 1. The van der Waals surface area contributed by atoms with Crippen LogP contribution in [0.25, 0.3) is 10.9 Å². The van der Waals surface area contributed by atoms with E-state index >= 15 is 0 Å². The van der Waals surface area contributed by atoms with Gasteiger partial charge in [-0.25, -0.2) is 4.79 Å². The number of carbonyl (C=O) groups is 1. The van der Waals surface area contributed by atoms with Crippen molar-refractivity contribution in [3.05, 3.63) is 36.5 Å². The van der Waals surface area contributed by atoms with Crippen LogP contribution >= 0.6 is 0 Å². The first-order valence-electron chi connectivity index (χ1n) is 6.43. The van der Waals surface area contributed by atoms with Gasteiger partial charge < -0.3 is 9.47 Å². The molecule has 0 aliphatic heterocycles. The first kappa shape index (κ1) is 13.3. The summed E-state index contributed by atoms with van der Waals surface area (Å²) in [6.07, 6.45) is 3.61. The lowest BCUT2D eigenvalue weighted by Crippen LogP contribution is -2.15. The fraction of sp³-hybridized carbons (Fsp3) is 0.333. The van der Waals surface area contributed by atoms with E-state index in [1.165, 1.54) is 0 Å². The Morgan fingerprint density at radius 3 is 3.05 bits per heavy atom. The molecule has 0 saturated carbocycles. The molecule has 0 N–H and O–H groups in total. The number of hydrogen-bond acceptors (Lipinski definition) is 4. The number of fused-ring (bicyclic) bond motifs is 1. The highest BCUT2D eigenvalue weighted by Gasteiger charge is 2.04. The Balaban J connectivity index is 1.89. The van der Waals surface area contributed by atoms with Gasteiger partial charge in [-0.05, 0) is 24.6 Å². The molecule has 1 heterocycles. The molecule has 0 unspecified atom stereocenters. The molecular formula is C15H17NO3. The van der Waals surface area contributed by atoms with E-state index in [1.54, 1.807) is 6.20 Å². The van der Waals surface area contributed by atoms with Crippen LogP contribution < -0.4 is 4.74 Å². The molecule has 2 aromatic rings. The van der Waals surface area contributed by atoms with Crippen molar-refractivity contribution < 1.29 is 14.3 Å². The average Bonchev–Trinajstić information content (AvgIpc) is 2.45. The fourth-order valence-electron chi connectivity index (χ4n) is 1.65. The molecule has 0 aliphatic rings. The van der Waals surface area contributed by atoms with Crippen molar-refractivity contribution in [2.75, 3.05) is 13.2 Å². The Hall–Kier alpha value is -2.10. The number of benzene rings is 1. The summed E-state index contributed by atoms with van der Waals surface area (Å²) in [6, 6.07) is 9.41. The van der Waals surface area contributed by atoms with Gasteiger partial charge in [0.25, 0.3) is 0 Å². The van der Waals surface area contributed by atoms with Gasteiger partial charge >= 0.3 is 5.97 Å². The van der Waals surface area contributed by atoms with Crippen LogP contribution in [-0.2, 0) is 9.53 Å². The Bertz CT molecular complexity index is 554. The van der Waals surface area contributed by atoms with E-state index in [4.69, 9.17) is 9.47 Å². The number of rotatable bonds is 6. The Morgan fingerprint density at radius 1 is 1.32 bits per heavy atom. The number of hydrogen-bond donors (Lipinski definition) is 0. The van der Waals surface area contributed by atoms with Crippen molar-refractivity contribution >= 4 is 16.9 Å². The third-order valence-corrected chi connectivity index (χ3v) is 2.69. The molecule has 0 fully saturated rings. The number of nitrogens with zero attached hydrogens (tertiary/aromatic N) is 1. The molecule has 2 rings (SSSR count). The molecule has 0 spiro atoms. The quantitative estimate of drug-likeness (QED) is 0.591. The smallest absolute Gasteiger partial charge is 0.344 e. The topological polar surface area (TPSA) is 48.4 Å². The summed E-state index contributed by atoms with van der Waals surface area (Å²) in [5.74, 6) is 0.285. The summed E-state index contributed by atoms with van der Waals surface area (Å²) >= 11 is 0. The molecule has 4 nitrogen and oxygen atoms in total. The third-order valence-electron chi connectivity index (χ3n) is 2.69. The molecule has 0 saturated heterocycles. The first-order valence-corrected chi connectivity index (χ1v) is 6.43. The van der Waals surface area contributed by atoms with Gasteiger partial charge in [-0.15, -0.1) is 0 Å². The predicted molar refractivity (Wildman–Crippen MR) is 73.1 cm³/mol. The largest absolute Gasteiger partial charge is 0.482 e. The molecule has 0 bridgehead atoms. The zero-order chi connectivity index (χ0) is 13.5. The van der Waals surface area contributed by atoms with Crippen LogP contribution in [-0.4, -0.2) is 24.2 Å². The van der Waals surface area contributed by atoms with Gasteiger partial charge in [0.1, 0.15) is 5.75 Å². The van der Waals surface area contributed by atoms with Gasteiger partial charge in [0.2, 0.25) is 0 Å². The minimum Gasteiger partial charge on any atom is -0.482 e. The van der Waals surface area contributed by atoms with Crippen molar-refractivity contribution in [1.29, 1.82) is 0 Å². The lowest BCUT2D eigenvalue weighted by atomic mass is 10.2. The number of carbonyl (C=O) groups excluding carboxylic acids is 1. The predicted octanol–water partition coefficient (Wildman–Crippen LogP) is 2.96. The van der Waals surface area contributed by atoms with Crippen molar-refractivity contribution in [1.82, 2.24) is 4.98 Å². The minimum atomic E-state index is -0.338. The van der Waals surface area contributed by atoms with Gasteiger partial charge in [0.05, 0.1) is 12.1 Å². The maximum atomic E-state index is 11.4. The molecule has 0 aliphatic carbocycles. The van der Waals surface area contributed by atoms with Crippen LogP contribution in [0.15, 0.2) is 36.5 Å². The Labute approximate surface area is 112 Å². The SMILES string of the molecule is CCCCOC(=O)COc1ccc2cccnc2c1. The summed E-state index contributed by atoms with van der Waals surface area (Å²) < 4.78 is 10.4. The summed E-state index contributed by atoms with van der Waals surface area (Å²) in [4.78, 5) is 15.6. The van der Waals surface area contributed by atoms with Crippen molar-refractivity contribution in [2.45, 2.75) is 19.8 Å². The standard InChI is InChI=1S/C15H17NO3/c1-2-3-9-18-15(17)11-19-13-7-6-12-5-4-8-16-14(12)10-13/h4-8,10H,2-3,9,11H2,1H3. The van der Waals surface area contributed by atoms with Crippen LogP contribution in [0.3, 0.4) is 0 Å². The van der Waals surface area contributed by atoms with Gasteiger partial charge in [-0.3, -0.25) is 4.98 Å². The highest BCUT2D eigenvalue weighted by molar-refractivity contribution is 5.79. The maximum absolute atomic E-state index is 11.4. The van der Waals surface area contributed by atoms with Crippen LogP contribution in [0.4, 0.5) is 0 Å². The summed E-state index contributed by atoms with van der Waals surface area (Å²) in [5.41, 5.74) is 0.847. The van der Waals surface area contributed by atoms with E-state index in [0.717, 1.165) is 23.7 Å². The first-order chi connectivity index (χ1) is 9.29. The summed E-state index contributed by atoms with van der Waals surface area (Å²) in [7, 11) is 0. The molecule has 0 radical (unpaired) electrons. The third kappa shape index (κ3) is 3.95. The normalized spacial score (nSPS) is 10.4.